The van der Waals surface area contributed by atoms with Crippen LogP contribution in [0.2, 0.25) is 13.1 Å². The van der Waals surface area contributed by atoms with E-state index in [0.29, 0.717) is 0 Å². The molecule has 13 rings (SSSR count). The van der Waals surface area contributed by atoms with Crippen LogP contribution >= 0.6 is 11.3 Å². The van der Waals surface area contributed by atoms with Gasteiger partial charge in [0, 0.05) is 53.3 Å². The number of rotatable bonds is 4. The first-order chi connectivity index (χ1) is 29.5. The van der Waals surface area contributed by atoms with Crippen LogP contribution in [0.15, 0.2) is 194 Å². The standard InChI is InChI=1S/C56H38N2SSi/c1-60(2)51-26-9-8-18-44(51)53-47(23-13-27-52(53)60)57(37-30-28-36(29-31-37)35-14-4-3-5-15-35)38-32-33-46-45(34-38)43-21-10-20-42-40-17-7-6-16-39(40)41-19-11-24-49-54(41)55-48(58(46)56(42)43)22-12-25-50(55)59-49/h3-34H,1-2H3. The first-order valence-electron chi connectivity index (χ1n) is 20.9. The highest BCUT2D eigenvalue weighted by Gasteiger charge is 2.39. The quantitative estimate of drug-likeness (QED) is 0.161. The molecule has 2 nitrogen and oxygen atoms in total. The third-order valence-corrected chi connectivity index (χ3v) is 18.0. The second kappa shape index (κ2) is 12.5. The summed E-state index contributed by atoms with van der Waals surface area (Å²) in [5.41, 5.74) is 12.4. The van der Waals surface area contributed by atoms with Gasteiger partial charge in [-0.05, 0) is 97.8 Å². The van der Waals surface area contributed by atoms with Crippen LogP contribution in [0.4, 0.5) is 17.1 Å². The number of thiophene rings is 1. The van der Waals surface area contributed by atoms with Crippen LogP contribution in [0.25, 0.3) is 91.3 Å². The van der Waals surface area contributed by atoms with Crippen molar-refractivity contribution in [3.8, 4) is 22.3 Å². The summed E-state index contributed by atoms with van der Waals surface area (Å²) < 4.78 is 5.21. The lowest BCUT2D eigenvalue weighted by Crippen LogP contribution is -2.49. The van der Waals surface area contributed by atoms with Gasteiger partial charge in [0.05, 0.1) is 22.2 Å². The fraction of sp³-hybridized carbons (Fsp3) is 0.0357. The van der Waals surface area contributed by atoms with E-state index in [1.165, 1.54) is 107 Å². The van der Waals surface area contributed by atoms with Crippen molar-refractivity contribution in [1.82, 2.24) is 4.40 Å². The Balaban J connectivity index is 1.15. The number of hydrogen-bond acceptors (Lipinski definition) is 2. The molecule has 3 aromatic heterocycles. The highest BCUT2D eigenvalue weighted by atomic mass is 32.1. The third-order valence-electron chi connectivity index (χ3n) is 13.3. The van der Waals surface area contributed by atoms with Crippen LogP contribution in [0.3, 0.4) is 0 Å². The second-order valence-corrected chi connectivity index (χ2v) is 22.2. The zero-order chi connectivity index (χ0) is 39.7. The van der Waals surface area contributed by atoms with E-state index in [9.17, 15) is 0 Å². The highest BCUT2D eigenvalue weighted by Crippen LogP contribution is 2.47. The van der Waals surface area contributed by atoms with Gasteiger partial charge in [0.25, 0.3) is 0 Å². The Labute approximate surface area is 352 Å². The Hall–Kier alpha value is -6.98. The number of nitrogens with zero attached hydrogens (tertiary/aromatic N) is 2. The fourth-order valence-electron chi connectivity index (χ4n) is 10.7. The maximum Gasteiger partial charge on any atom is 0.113 e. The lowest BCUT2D eigenvalue weighted by atomic mass is 10.00. The van der Waals surface area contributed by atoms with Crippen LogP contribution in [-0.4, -0.2) is 12.5 Å². The zero-order valence-electron chi connectivity index (χ0n) is 33.3. The molecule has 0 atom stereocenters. The summed E-state index contributed by atoms with van der Waals surface area (Å²) in [5.74, 6) is 0. The van der Waals surface area contributed by atoms with Crippen molar-refractivity contribution in [3.63, 3.8) is 0 Å². The van der Waals surface area contributed by atoms with E-state index in [1.807, 2.05) is 11.3 Å². The van der Waals surface area contributed by atoms with Gasteiger partial charge in [-0.25, -0.2) is 0 Å². The monoisotopic (exact) mass is 798 g/mol. The predicted molar refractivity (Wildman–Crippen MR) is 263 cm³/mol. The molecule has 0 fully saturated rings. The molecule has 0 saturated heterocycles. The van der Waals surface area contributed by atoms with Gasteiger partial charge in [0.15, 0.2) is 0 Å². The van der Waals surface area contributed by atoms with Crippen LogP contribution in [0.1, 0.15) is 0 Å². The van der Waals surface area contributed by atoms with E-state index < -0.39 is 8.07 Å². The second-order valence-electron chi connectivity index (χ2n) is 16.8. The number of aromatic nitrogens is 1. The summed E-state index contributed by atoms with van der Waals surface area (Å²) in [7, 11) is -1.93. The predicted octanol–water partition coefficient (Wildman–Crippen LogP) is 14.9. The van der Waals surface area contributed by atoms with Crippen LogP contribution < -0.4 is 15.3 Å². The molecule has 0 N–H and O–H groups in total. The largest absolute Gasteiger partial charge is 0.310 e. The molecule has 0 amide bonds. The molecular weight excluding hydrogens is 761 g/mol. The normalized spacial score (nSPS) is 13.3. The zero-order valence-corrected chi connectivity index (χ0v) is 35.1. The van der Waals surface area contributed by atoms with Crippen LogP contribution in [0, 0.1) is 0 Å². The van der Waals surface area contributed by atoms with Crippen molar-refractivity contribution in [3.05, 3.63) is 194 Å². The van der Waals surface area contributed by atoms with Crippen molar-refractivity contribution in [2.75, 3.05) is 4.90 Å². The minimum Gasteiger partial charge on any atom is -0.310 e. The SMILES string of the molecule is C[Si]1(C)c2ccccc2-c2c(N(c3ccc(-c4ccccc4)cc3)c3ccc4c(c3)c3cccc5c6ccccc6c6cccc7sc8cccc(c8c76)n4c53)cccc21. The molecule has 0 radical (unpaired) electrons. The summed E-state index contributed by atoms with van der Waals surface area (Å²) in [6.07, 6.45) is 0. The summed E-state index contributed by atoms with van der Waals surface area (Å²) in [6, 6.07) is 72.9. The van der Waals surface area contributed by atoms with E-state index in [0.717, 1.165) is 11.4 Å². The van der Waals surface area contributed by atoms with Crippen molar-refractivity contribution in [2.45, 2.75) is 13.1 Å². The molecule has 60 heavy (non-hydrogen) atoms. The average Bonchev–Trinajstić information content (AvgIpc) is 3.93. The van der Waals surface area contributed by atoms with Gasteiger partial charge in [-0.1, -0.05) is 153 Å². The van der Waals surface area contributed by atoms with Crippen molar-refractivity contribution < 1.29 is 0 Å². The van der Waals surface area contributed by atoms with E-state index in [2.05, 4.69) is 217 Å². The maximum atomic E-state index is 2.57. The lowest BCUT2D eigenvalue weighted by molar-refractivity contribution is 1.29. The molecule has 4 heteroatoms. The van der Waals surface area contributed by atoms with Crippen molar-refractivity contribution in [1.29, 1.82) is 0 Å². The highest BCUT2D eigenvalue weighted by molar-refractivity contribution is 7.26. The first-order valence-corrected chi connectivity index (χ1v) is 24.7. The van der Waals surface area contributed by atoms with E-state index in [1.54, 1.807) is 0 Å². The number of anilines is 3. The summed E-state index contributed by atoms with van der Waals surface area (Å²) in [5, 5.41) is 13.3. The molecule has 1 aliphatic heterocycles. The maximum absolute atomic E-state index is 2.57. The minimum absolute atomic E-state index is 1.14. The van der Waals surface area contributed by atoms with E-state index >= 15 is 0 Å². The Morgan fingerprint density at radius 3 is 1.87 bits per heavy atom. The Bertz CT molecular complexity index is 3750. The van der Waals surface area contributed by atoms with E-state index in [-0.39, 0.29) is 0 Å². The molecule has 1 aliphatic rings. The van der Waals surface area contributed by atoms with Gasteiger partial charge in [0.1, 0.15) is 8.07 Å². The molecule has 4 heterocycles. The Kier molecular flexibility index (Phi) is 7.08. The van der Waals surface area contributed by atoms with Gasteiger partial charge in [-0.15, -0.1) is 11.3 Å². The molecule has 0 unspecified atom stereocenters. The molecule has 12 aromatic rings. The van der Waals surface area contributed by atoms with Crippen LogP contribution in [-0.2, 0) is 0 Å². The molecule has 0 spiro atoms. The van der Waals surface area contributed by atoms with Gasteiger partial charge < -0.3 is 9.30 Å². The average molecular weight is 799 g/mol. The summed E-state index contributed by atoms with van der Waals surface area (Å²) in [4.78, 5) is 2.52. The Morgan fingerprint density at radius 2 is 1.03 bits per heavy atom. The van der Waals surface area contributed by atoms with Gasteiger partial charge in [0.2, 0.25) is 0 Å². The molecule has 0 saturated carbocycles. The lowest BCUT2D eigenvalue weighted by Gasteiger charge is -2.29. The molecule has 0 aliphatic carbocycles. The fourth-order valence-corrected chi connectivity index (χ4v) is 14.9. The molecule has 9 aromatic carbocycles. The van der Waals surface area contributed by atoms with Crippen molar-refractivity contribution >= 4 is 116 Å². The number of benzene rings is 9. The minimum atomic E-state index is -1.93. The molecule has 0 bridgehead atoms. The van der Waals surface area contributed by atoms with E-state index in [4.69, 9.17) is 0 Å². The topological polar surface area (TPSA) is 7.65 Å². The van der Waals surface area contributed by atoms with Crippen molar-refractivity contribution in [2.24, 2.45) is 0 Å². The summed E-state index contributed by atoms with van der Waals surface area (Å²) in [6.45, 7) is 5.01. The Morgan fingerprint density at radius 1 is 0.433 bits per heavy atom. The molecular formula is C56H38N2SSi. The van der Waals surface area contributed by atoms with Gasteiger partial charge in [-0.2, -0.15) is 0 Å². The first kappa shape index (κ1) is 33.9. The summed E-state index contributed by atoms with van der Waals surface area (Å²) >= 11 is 1.90. The number of fused-ring (bicyclic) bond motifs is 10. The van der Waals surface area contributed by atoms with Gasteiger partial charge >= 0.3 is 0 Å². The van der Waals surface area contributed by atoms with Crippen LogP contribution in [0.5, 0.6) is 0 Å². The third kappa shape index (κ3) is 4.63. The number of para-hydroxylation sites is 1. The molecule has 282 valence electrons. The van der Waals surface area contributed by atoms with Gasteiger partial charge in [-0.3, -0.25) is 0 Å². The smallest absolute Gasteiger partial charge is 0.113 e. The number of hydrogen-bond donors (Lipinski definition) is 0.